The molecule has 0 aromatic carbocycles. The van der Waals surface area contributed by atoms with E-state index in [4.69, 9.17) is 5.73 Å². The van der Waals surface area contributed by atoms with Gasteiger partial charge in [0.25, 0.3) is 6.43 Å². The van der Waals surface area contributed by atoms with Gasteiger partial charge >= 0.3 is 0 Å². The van der Waals surface area contributed by atoms with Crippen molar-refractivity contribution in [3.63, 3.8) is 0 Å². The molecule has 0 amide bonds. The molecule has 1 rings (SSSR count). The predicted octanol–water partition coefficient (Wildman–Crippen LogP) is 1.28. The first-order valence-corrected chi connectivity index (χ1v) is 4.00. The lowest BCUT2D eigenvalue weighted by atomic mass is 10.2. The second-order valence-corrected chi connectivity index (χ2v) is 3.11. The van der Waals surface area contributed by atoms with Crippen LogP contribution >= 0.6 is 11.3 Å². The molecule has 1 aromatic heterocycles. The Hall–Kier alpha value is -0.550. The molecule has 0 radical (unpaired) electrons. The van der Waals surface area contributed by atoms with Crippen LogP contribution in [0.25, 0.3) is 0 Å². The lowest BCUT2D eigenvalue weighted by Crippen LogP contribution is -2.30. The Balaban J connectivity index is 2.43. The Morgan fingerprint density at radius 2 is 2.36 bits per heavy atom. The van der Waals surface area contributed by atoms with Gasteiger partial charge in [-0.3, -0.25) is 0 Å². The van der Waals surface area contributed by atoms with Crippen molar-refractivity contribution in [2.75, 3.05) is 0 Å². The van der Waals surface area contributed by atoms with E-state index < -0.39 is 12.5 Å². The van der Waals surface area contributed by atoms with Gasteiger partial charge < -0.3 is 5.73 Å². The first kappa shape index (κ1) is 8.55. The van der Waals surface area contributed by atoms with Gasteiger partial charge in [-0.2, -0.15) is 0 Å². The maximum absolute atomic E-state index is 11.9. The van der Waals surface area contributed by atoms with E-state index in [1.807, 2.05) is 0 Å². The first-order chi connectivity index (χ1) is 5.20. The van der Waals surface area contributed by atoms with Crippen molar-refractivity contribution in [3.8, 4) is 0 Å². The van der Waals surface area contributed by atoms with Crippen LogP contribution in [0.2, 0.25) is 0 Å². The molecule has 0 aliphatic heterocycles. The average molecular weight is 178 g/mol. The van der Waals surface area contributed by atoms with E-state index in [9.17, 15) is 8.78 Å². The number of thiazole rings is 1. The van der Waals surface area contributed by atoms with Crippen LogP contribution < -0.4 is 5.73 Å². The Kier molecular flexibility index (Phi) is 2.90. The molecule has 0 saturated carbocycles. The zero-order chi connectivity index (χ0) is 8.27. The Labute approximate surface area is 67.1 Å². The Morgan fingerprint density at radius 1 is 1.64 bits per heavy atom. The standard InChI is InChI=1S/C6H8F2N2S/c7-6(8)4(9)3-5-10-1-2-11-5/h1-2,4,6H,3,9H2. The van der Waals surface area contributed by atoms with E-state index in [2.05, 4.69) is 4.98 Å². The van der Waals surface area contributed by atoms with Gasteiger partial charge in [-0.1, -0.05) is 0 Å². The zero-order valence-electron chi connectivity index (χ0n) is 5.71. The maximum Gasteiger partial charge on any atom is 0.253 e. The minimum Gasteiger partial charge on any atom is -0.323 e. The second-order valence-electron chi connectivity index (χ2n) is 2.13. The minimum absolute atomic E-state index is 0.162. The number of aromatic nitrogens is 1. The summed E-state index contributed by atoms with van der Waals surface area (Å²) in [6.45, 7) is 0. The highest BCUT2D eigenvalue weighted by atomic mass is 32.1. The van der Waals surface area contributed by atoms with Gasteiger partial charge in [0.1, 0.15) is 0 Å². The summed E-state index contributed by atoms with van der Waals surface area (Å²) in [6, 6.07) is -1.08. The molecular formula is C6H8F2N2S. The molecule has 5 heteroatoms. The zero-order valence-corrected chi connectivity index (χ0v) is 6.52. The van der Waals surface area contributed by atoms with E-state index in [1.165, 1.54) is 11.3 Å². The first-order valence-electron chi connectivity index (χ1n) is 3.12. The summed E-state index contributed by atoms with van der Waals surface area (Å²) in [4.78, 5) is 3.84. The monoisotopic (exact) mass is 178 g/mol. The Morgan fingerprint density at radius 3 is 2.82 bits per heavy atom. The van der Waals surface area contributed by atoms with Crippen LogP contribution in [0.4, 0.5) is 8.78 Å². The Bertz CT molecular complexity index is 200. The third-order valence-corrected chi connectivity index (χ3v) is 2.02. The summed E-state index contributed by atoms with van der Waals surface area (Å²) in [7, 11) is 0. The highest BCUT2D eigenvalue weighted by Gasteiger charge is 2.16. The van der Waals surface area contributed by atoms with Gasteiger partial charge in [-0.05, 0) is 0 Å². The molecule has 1 heterocycles. The number of hydrogen-bond donors (Lipinski definition) is 1. The van der Waals surface area contributed by atoms with E-state index in [1.54, 1.807) is 11.6 Å². The molecule has 0 fully saturated rings. The highest BCUT2D eigenvalue weighted by Crippen LogP contribution is 2.09. The van der Waals surface area contributed by atoms with Crippen molar-refractivity contribution in [3.05, 3.63) is 16.6 Å². The van der Waals surface area contributed by atoms with E-state index in [0.717, 1.165) is 0 Å². The van der Waals surface area contributed by atoms with Gasteiger partial charge in [0.05, 0.1) is 11.0 Å². The predicted molar refractivity (Wildman–Crippen MR) is 39.8 cm³/mol. The second kappa shape index (κ2) is 3.73. The molecule has 0 bridgehead atoms. The lowest BCUT2D eigenvalue weighted by molar-refractivity contribution is 0.116. The highest BCUT2D eigenvalue weighted by molar-refractivity contribution is 7.09. The third kappa shape index (κ3) is 2.51. The smallest absolute Gasteiger partial charge is 0.253 e. The number of halogens is 2. The van der Waals surface area contributed by atoms with Crippen molar-refractivity contribution in [2.45, 2.75) is 18.9 Å². The van der Waals surface area contributed by atoms with Crippen LogP contribution in [0, 0.1) is 0 Å². The fraction of sp³-hybridized carbons (Fsp3) is 0.500. The fourth-order valence-electron chi connectivity index (χ4n) is 0.645. The van der Waals surface area contributed by atoms with Gasteiger partial charge in [0.15, 0.2) is 0 Å². The summed E-state index contributed by atoms with van der Waals surface area (Å²) in [5, 5.41) is 2.41. The topological polar surface area (TPSA) is 38.9 Å². The summed E-state index contributed by atoms with van der Waals surface area (Å²) < 4.78 is 23.7. The largest absolute Gasteiger partial charge is 0.323 e. The van der Waals surface area contributed by atoms with Crippen LogP contribution in [0.1, 0.15) is 5.01 Å². The molecule has 1 unspecified atom stereocenters. The molecule has 62 valence electrons. The number of hydrogen-bond acceptors (Lipinski definition) is 3. The summed E-state index contributed by atoms with van der Waals surface area (Å²) in [5.41, 5.74) is 5.12. The summed E-state index contributed by atoms with van der Waals surface area (Å²) >= 11 is 1.34. The maximum atomic E-state index is 11.9. The van der Waals surface area contributed by atoms with Gasteiger partial charge in [0.2, 0.25) is 0 Å². The molecule has 1 aromatic rings. The number of nitrogens with two attached hydrogens (primary N) is 1. The van der Waals surface area contributed by atoms with Crippen LogP contribution in [0.5, 0.6) is 0 Å². The summed E-state index contributed by atoms with van der Waals surface area (Å²) in [5.74, 6) is 0. The molecule has 2 N–H and O–H groups in total. The quantitative estimate of drug-likeness (QED) is 0.757. The number of alkyl halides is 2. The van der Waals surface area contributed by atoms with E-state index >= 15 is 0 Å². The van der Waals surface area contributed by atoms with E-state index in [0.29, 0.717) is 5.01 Å². The SMILES string of the molecule is NC(Cc1nccs1)C(F)F. The average Bonchev–Trinajstić information content (AvgIpc) is 2.39. The normalized spacial score (nSPS) is 13.8. The van der Waals surface area contributed by atoms with Crippen LogP contribution in [0.15, 0.2) is 11.6 Å². The molecule has 0 aliphatic carbocycles. The third-order valence-electron chi connectivity index (χ3n) is 1.22. The molecule has 11 heavy (non-hydrogen) atoms. The lowest BCUT2D eigenvalue weighted by Gasteiger charge is -2.06. The van der Waals surface area contributed by atoms with Crippen molar-refractivity contribution in [2.24, 2.45) is 5.73 Å². The molecule has 1 atom stereocenters. The van der Waals surface area contributed by atoms with Crippen molar-refractivity contribution < 1.29 is 8.78 Å². The molecular weight excluding hydrogens is 170 g/mol. The molecule has 0 aliphatic rings. The van der Waals surface area contributed by atoms with Gasteiger partial charge in [-0.25, -0.2) is 13.8 Å². The number of nitrogens with zero attached hydrogens (tertiary/aromatic N) is 1. The molecule has 0 spiro atoms. The van der Waals surface area contributed by atoms with Crippen molar-refractivity contribution in [1.29, 1.82) is 0 Å². The van der Waals surface area contributed by atoms with Crippen molar-refractivity contribution in [1.82, 2.24) is 4.98 Å². The fourth-order valence-corrected chi connectivity index (χ4v) is 1.33. The minimum atomic E-state index is -2.46. The van der Waals surface area contributed by atoms with Crippen LogP contribution in [-0.4, -0.2) is 17.5 Å². The van der Waals surface area contributed by atoms with Gasteiger partial charge in [-0.15, -0.1) is 11.3 Å². The summed E-state index contributed by atoms with van der Waals surface area (Å²) in [6.07, 6.45) is -0.716. The van der Waals surface area contributed by atoms with Gasteiger partial charge in [0, 0.05) is 18.0 Å². The van der Waals surface area contributed by atoms with Crippen LogP contribution in [0.3, 0.4) is 0 Å². The molecule has 0 saturated heterocycles. The number of rotatable bonds is 3. The molecule has 2 nitrogen and oxygen atoms in total. The van der Waals surface area contributed by atoms with Crippen LogP contribution in [-0.2, 0) is 6.42 Å². The van der Waals surface area contributed by atoms with Crippen molar-refractivity contribution >= 4 is 11.3 Å². The van der Waals surface area contributed by atoms with E-state index in [-0.39, 0.29) is 6.42 Å².